The molecule has 4 nitrogen and oxygen atoms in total. The Kier molecular flexibility index (Phi) is 4.66. The zero-order valence-corrected chi connectivity index (χ0v) is 11.9. The normalized spacial score (nSPS) is 17.4. The van der Waals surface area contributed by atoms with Gasteiger partial charge in [-0.25, -0.2) is 0 Å². The maximum atomic E-state index is 12.1. The van der Waals surface area contributed by atoms with E-state index in [1.807, 2.05) is 6.92 Å². The second-order valence-corrected chi connectivity index (χ2v) is 5.53. The molecule has 1 saturated heterocycles. The van der Waals surface area contributed by atoms with Gasteiger partial charge in [0.1, 0.15) is 0 Å². The first-order valence-corrected chi connectivity index (χ1v) is 7.02. The Labute approximate surface area is 118 Å². The molecule has 3 N–H and O–H groups in total. The van der Waals surface area contributed by atoms with Crippen LogP contribution in [-0.2, 0) is 0 Å². The average Bonchev–Trinajstić information content (AvgIpc) is 2.85. The predicted octanol–water partition coefficient (Wildman–Crippen LogP) is 2.14. The summed E-state index contributed by atoms with van der Waals surface area (Å²) >= 11 is 5.92. The van der Waals surface area contributed by atoms with Crippen molar-refractivity contribution in [2.75, 3.05) is 25.4 Å². The van der Waals surface area contributed by atoms with Gasteiger partial charge in [0, 0.05) is 18.2 Å². The highest BCUT2D eigenvalue weighted by molar-refractivity contribution is 6.33. The number of nitrogens with two attached hydrogens (primary N) is 1. The summed E-state index contributed by atoms with van der Waals surface area (Å²) in [6.07, 6.45) is 2.52. The number of nitrogens with one attached hydrogen (secondary N) is 1. The number of benzene rings is 1. The first-order chi connectivity index (χ1) is 9.06. The van der Waals surface area contributed by atoms with E-state index in [1.54, 1.807) is 18.2 Å². The lowest BCUT2D eigenvalue weighted by Gasteiger charge is -2.21. The highest BCUT2D eigenvalue weighted by Gasteiger charge is 2.16. The molecule has 1 atom stereocenters. The molecule has 19 heavy (non-hydrogen) atoms. The van der Waals surface area contributed by atoms with Crippen LogP contribution in [0.3, 0.4) is 0 Å². The standard InChI is InChI=1S/C14H20ClN3O/c1-10(9-18-6-2-3-7-18)17-14(19)11-4-5-13(16)12(15)8-11/h4-5,8,10H,2-3,6-7,9,16H2,1H3,(H,17,19). The van der Waals surface area contributed by atoms with Gasteiger partial charge in [0.05, 0.1) is 10.7 Å². The van der Waals surface area contributed by atoms with E-state index < -0.39 is 0 Å². The maximum absolute atomic E-state index is 12.1. The predicted molar refractivity (Wildman–Crippen MR) is 78.5 cm³/mol. The third kappa shape index (κ3) is 3.85. The monoisotopic (exact) mass is 281 g/mol. The highest BCUT2D eigenvalue weighted by Crippen LogP contribution is 2.19. The number of hydrogen-bond donors (Lipinski definition) is 2. The van der Waals surface area contributed by atoms with E-state index in [9.17, 15) is 4.79 Å². The molecule has 1 unspecified atom stereocenters. The number of amides is 1. The minimum absolute atomic E-state index is 0.103. The van der Waals surface area contributed by atoms with E-state index in [0.717, 1.165) is 19.6 Å². The largest absolute Gasteiger partial charge is 0.398 e. The van der Waals surface area contributed by atoms with Crippen LogP contribution in [0.5, 0.6) is 0 Å². The molecule has 1 aromatic rings. The zero-order chi connectivity index (χ0) is 13.8. The fourth-order valence-electron chi connectivity index (χ4n) is 2.37. The summed E-state index contributed by atoms with van der Waals surface area (Å²) in [6.45, 7) is 5.19. The number of carbonyl (C=O) groups excluding carboxylic acids is 1. The van der Waals surface area contributed by atoms with E-state index in [-0.39, 0.29) is 11.9 Å². The van der Waals surface area contributed by atoms with Gasteiger partial charge < -0.3 is 16.0 Å². The Hall–Kier alpha value is -1.26. The number of rotatable bonds is 4. The lowest BCUT2D eigenvalue weighted by Crippen LogP contribution is -2.41. The second-order valence-electron chi connectivity index (χ2n) is 5.12. The smallest absolute Gasteiger partial charge is 0.251 e. The summed E-state index contributed by atoms with van der Waals surface area (Å²) in [6, 6.07) is 5.08. The van der Waals surface area contributed by atoms with E-state index in [4.69, 9.17) is 17.3 Å². The summed E-state index contributed by atoms with van der Waals surface area (Å²) < 4.78 is 0. The number of nitrogens with zero attached hydrogens (tertiary/aromatic N) is 1. The van der Waals surface area contributed by atoms with Crippen molar-refractivity contribution in [3.63, 3.8) is 0 Å². The molecule has 1 heterocycles. The molecule has 0 bridgehead atoms. The molecule has 1 amide bonds. The molecule has 1 aromatic carbocycles. The number of likely N-dealkylation sites (tertiary alicyclic amines) is 1. The number of anilines is 1. The molecular formula is C14H20ClN3O. The van der Waals surface area contributed by atoms with Crippen LogP contribution in [0, 0.1) is 0 Å². The summed E-state index contributed by atoms with van der Waals surface area (Å²) in [5.41, 5.74) is 6.67. The van der Waals surface area contributed by atoms with Crippen molar-refractivity contribution in [3.8, 4) is 0 Å². The average molecular weight is 282 g/mol. The Bertz CT molecular complexity index is 458. The van der Waals surface area contributed by atoms with Crippen LogP contribution < -0.4 is 11.1 Å². The van der Waals surface area contributed by atoms with Crippen molar-refractivity contribution in [3.05, 3.63) is 28.8 Å². The van der Waals surface area contributed by atoms with Gasteiger partial charge in [0.15, 0.2) is 0 Å². The molecule has 104 valence electrons. The molecular weight excluding hydrogens is 262 g/mol. The summed E-state index contributed by atoms with van der Waals surface area (Å²) in [5.74, 6) is -0.103. The van der Waals surface area contributed by atoms with Crippen LogP contribution in [0.4, 0.5) is 5.69 Å². The molecule has 1 aliphatic rings. The quantitative estimate of drug-likeness (QED) is 0.832. The van der Waals surface area contributed by atoms with Crippen molar-refractivity contribution >= 4 is 23.2 Å². The molecule has 0 aromatic heterocycles. The van der Waals surface area contributed by atoms with Crippen molar-refractivity contribution in [2.45, 2.75) is 25.8 Å². The number of carbonyl (C=O) groups is 1. The molecule has 0 saturated carbocycles. The van der Waals surface area contributed by atoms with Gasteiger partial charge >= 0.3 is 0 Å². The maximum Gasteiger partial charge on any atom is 0.251 e. The fourth-order valence-corrected chi connectivity index (χ4v) is 2.55. The zero-order valence-electron chi connectivity index (χ0n) is 11.2. The van der Waals surface area contributed by atoms with Crippen LogP contribution in [-0.4, -0.2) is 36.5 Å². The van der Waals surface area contributed by atoms with Crippen LogP contribution in [0.25, 0.3) is 0 Å². The first-order valence-electron chi connectivity index (χ1n) is 6.64. The summed E-state index contributed by atoms with van der Waals surface area (Å²) in [7, 11) is 0. The van der Waals surface area contributed by atoms with E-state index in [1.165, 1.54) is 12.8 Å². The van der Waals surface area contributed by atoms with Gasteiger partial charge in [-0.15, -0.1) is 0 Å². The molecule has 1 fully saturated rings. The Morgan fingerprint density at radius 3 is 2.79 bits per heavy atom. The van der Waals surface area contributed by atoms with Crippen LogP contribution in [0.1, 0.15) is 30.1 Å². The molecule has 2 rings (SSSR count). The van der Waals surface area contributed by atoms with Gasteiger partial charge in [-0.3, -0.25) is 4.79 Å². The third-order valence-electron chi connectivity index (χ3n) is 3.37. The molecule has 0 radical (unpaired) electrons. The van der Waals surface area contributed by atoms with Crippen molar-refractivity contribution in [1.82, 2.24) is 10.2 Å². The highest BCUT2D eigenvalue weighted by atomic mass is 35.5. The van der Waals surface area contributed by atoms with Crippen molar-refractivity contribution in [2.24, 2.45) is 0 Å². The topological polar surface area (TPSA) is 58.4 Å². The Morgan fingerprint density at radius 1 is 1.47 bits per heavy atom. The Balaban J connectivity index is 1.90. The minimum atomic E-state index is -0.103. The van der Waals surface area contributed by atoms with E-state index in [0.29, 0.717) is 16.3 Å². The van der Waals surface area contributed by atoms with Gasteiger partial charge in [0.25, 0.3) is 5.91 Å². The Morgan fingerprint density at radius 2 is 2.16 bits per heavy atom. The van der Waals surface area contributed by atoms with Crippen molar-refractivity contribution in [1.29, 1.82) is 0 Å². The lowest BCUT2D eigenvalue weighted by molar-refractivity contribution is 0.0932. The van der Waals surface area contributed by atoms with E-state index >= 15 is 0 Å². The molecule has 0 aliphatic carbocycles. The SMILES string of the molecule is CC(CN1CCCC1)NC(=O)c1ccc(N)c(Cl)c1. The van der Waals surface area contributed by atoms with Gasteiger partial charge in [-0.2, -0.15) is 0 Å². The van der Waals surface area contributed by atoms with Crippen molar-refractivity contribution < 1.29 is 4.79 Å². The van der Waals surface area contributed by atoms with Gasteiger partial charge in [-0.1, -0.05) is 11.6 Å². The second kappa shape index (κ2) is 6.26. The summed E-state index contributed by atoms with van der Waals surface area (Å²) in [5, 5.41) is 3.41. The number of hydrogen-bond acceptors (Lipinski definition) is 3. The molecule has 1 aliphatic heterocycles. The lowest BCUT2D eigenvalue weighted by atomic mass is 10.2. The van der Waals surface area contributed by atoms with Crippen LogP contribution >= 0.6 is 11.6 Å². The minimum Gasteiger partial charge on any atom is -0.398 e. The van der Waals surface area contributed by atoms with Crippen LogP contribution in [0.15, 0.2) is 18.2 Å². The van der Waals surface area contributed by atoms with Crippen LogP contribution in [0.2, 0.25) is 5.02 Å². The third-order valence-corrected chi connectivity index (χ3v) is 3.70. The fraction of sp³-hybridized carbons (Fsp3) is 0.500. The number of halogens is 1. The first kappa shape index (κ1) is 14.2. The molecule has 0 spiro atoms. The number of nitrogen functional groups attached to an aromatic ring is 1. The molecule has 5 heteroatoms. The van der Waals surface area contributed by atoms with Gasteiger partial charge in [0.2, 0.25) is 0 Å². The van der Waals surface area contributed by atoms with Gasteiger partial charge in [-0.05, 0) is 51.1 Å². The van der Waals surface area contributed by atoms with E-state index in [2.05, 4.69) is 10.2 Å². The summed E-state index contributed by atoms with van der Waals surface area (Å²) in [4.78, 5) is 14.4.